The Kier molecular flexibility index (Phi) is 2.30. The lowest BCUT2D eigenvalue weighted by molar-refractivity contribution is -0.154. The number of fused-ring (bicyclic) bond motifs is 2. The van der Waals surface area contributed by atoms with E-state index in [9.17, 15) is 4.79 Å². The van der Waals surface area contributed by atoms with Crippen LogP contribution in [0.2, 0.25) is 0 Å². The predicted octanol–water partition coefficient (Wildman–Crippen LogP) is 1.46. The number of hydrogen-bond acceptors (Lipinski definition) is 3. The molecule has 0 aromatic carbocycles. The van der Waals surface area contributed by atoms with Gasteiger partial charge < -0.3 is 10.5 Å². The maximum atomic E-state index is 11.8. The Labute approximate surface area is 85.0 Å². The van der Waals surface area contributed by atoms with Gasteiger partial charge in [0.2, 0.25) is 0 Å². The molecular weight excluding hydrogens is 178 g/mol. The summed E-state index contributed by atoms with van der Waals surface area (Å²) in [5.41, 5.74) is 5.90. The molecule has 2 N–H and O–H groups in total. The van der Waals surface area contributed by atoms with Gasteiger partial charge in [0, 0.05) is 0 Å². The summed E-state index contributed by atoms with van der Waals surface area (Å²) < 4.78 is 5.16. The van der Waals surface area contributed by atoms with E-state index in [2.05, 4.69) is 0 Å². The fraction of sp³-hybridized carbons (Fsp3) is 0.909. The number of hydrogen-bond donors (Lipinski definition) is 1. The second kappa shape index (κ2) is 3.23. The molecule has 0 aromatic heterocycles. The lowest BCUT2D eigenvalue weighted by Crippen LogP contribution is -2.28. The van der Waals surface area contributed by atoms with Crippen molar-refractivity contribution < 1.29 is 9.53 Å². The third-order valence-electron chi connectivity index (χ3n) is 4.12. The summed E-state index contributed by atoms with van der Waals surface area (Å²) in [5, 5.41) is 0. The van der Waals surface area contributed by atoms with Crippen molar-refractivity contribution in [1.29, 1.82) is 0 Å². The molecule has 3 nitrogen and oxygen atoms in total. The molecule has 3 heteroatoms. The standard InChI is InChI=1S/C11H19NO2/c1-2-14-9(13)11-5-3-10(7-11,8-12)4-6-11/h2-8,12H2,1H3. The van der Waals surface area contributed by atoms with Gasteiger partial charge in [-0.3, -0.25) is 4.79 Å². The summed E-state index contributed by atoms with van der Waals surface area (Å²) in [6.07, 6.45) is 5.17. The van der Waals surface area contributed by atoms with Gasteiger partial charge in [-0.05, 0) is 51.0 Å². The smallest absolute Gasteiger partial charge is 0.312 e. The molecule has 2 aliphatic rings. The molecule has 80 valence electrons. The third kappa shape index (κ3) is 1.26. The molecule has 0 unspecified atom stereocenters. The highest BCUT2D eigenvalue weighted by atomic mass is 16.5. The Hall–Kier alpha value is -0.570. The molecule has 2 fully saturated rings. The van der Waals surface area contributed by atoms with Crippen molar-refractivity contribution in [1.82, 2.24) is 0 Å². The van der Waals surface area contributed by atoms with Gasteiger partial charge in [-0.25, -0.2) is 0 Å². The predicted molar refractivity (Wildman–Crippen MR) is 53.6 cm³/mol. The number of esters is 1. The van der Waals surface area contributed by atoms with Crippen LogP contribution in [0.4, 0.5) is 0 Å². The summed E-state index contributed by atoms with van der Waals surface area (Å²) in [5.74, 6) is 0.0211. The highest BCUT2D eigenvalue weighted by Crippen LogP contribution is 2.61. The Morgan fingerprint density at radius 2 is 2.00 bits per heavy atom. The highest BCUT2D eigenvalue weighted by molar-refractivity contribution is 5.78. The first-order chi connectivity index (χ1) is 6.66. The van der Waals surface area contributed by atoms with E-state index >= 15 is 0 Å². The minimum absolute atomic E-state index is 0.0211. The number of carbonyl (C=O) groups is 1. The van der Waals surface area contributed by atoms with Crippen molar-refractivity contribution in [2.24, 2.45) is 16.6 Å². The highest BCUT2D eigenvalue weighted by Gasteiger charge is 2.58. The second-order valence-corrected chi connectivity index (χ2v) is 4.88. The van der Waals surface area contributed by atoms with Crippen LogP contribution in [-0.4, -0.2) is 19.1 Å². The fourth-order valence-electron chi connectivity index (χ4n) is 3.17. The summed E-state index contributed by atoms with van der Waals surface area (Å²) in [4.78, 5) is 11.8. The maximum Gasteiger partial charge on any atom is 0.312 e. The summed E-state index contributed by atoms with van der Waals surface area (Å²) in [6, 6.07) is 0. The van der Waals surface area contributed by atoms with Crippen molar-refractivity contribution in [2.45, 2.75) is 39.0 Å². The van der Waals surface area contributed by atoms with Gasteiger partial charge in [0.05, 0.1) is 12.0 Å². The van der Waals surface area contributed by atoms with Crippen molar-refractivity contribution >= 4 is 5.97 Å². The number of rotatable bonds is 3. The lowest BCUT2D eigenvalue weighted by atomic mass is 9.82. The Morgan fingerprint density at radius 3 is 2.43 bits per heavy atom. The SMILES string of the molecule is CCOC(=O)C12CCC(CN)(CC1)C2. The van der Waals surface area contributed by atoms with E-state index in [-0.39, 0.29) is 16.8 Å². The monoisotopic (exact) mass is 197 g/mol. The third-order valence-corrected chi connectivity index (χ3v) is 4.12. The molecule has 0 amide bonds. The number of ether oxygens (including phenoxy) is 1. The topological polar surface area (TPSA) is 52.3 Å². The van der Waals surface area contributed by atoms with Crippen LogP contribution in [-0.2, 0) is 9.53 Å². The molecule has 0 aliphatic heterocycles. The quantitative estimate of drug-likeness (QED) is 0.697. The molecular formula is C11H19NO2. The van der Waals surface area contributed by atoms with Gasteiger partial charge in [0.15, 0.2) is 0 Å². The Morgan fingerprint density at radius 1 is 1.36 bits per heavy atom. The van der Waals surface area contributed by atoms with E-state index in [1.165, 1.54) is 0 Å². The van der Waals surface area contributed by atoms with Crippen molar-refractivity contribution in [3.63, 3.8) is 0 Å². The van der Waals surface area contributed by atoms with Gasteiger partial charge >= 0.3 is 5.97 Å². The van der Waals surface area contributed by atoms with Crippen LogP contribution < -0.4 is 5.73 Å². The van der Waals surface area contributed by atoms with Gasteiger partial charge in [-0.2, -0.15) is 0 Å². The van der Waals surface area contributed by atoms with Crippen LogP contribution in [0.5, 0.6) is 0 Å². The van der Waals surface area contributed by atoms with Crippen LogP contribution in [0.25, 0.3) is 0 Å². The van der Waals surface area contributed by atoms with E-state index < -0.39 is 0 Å². The molecule has 0 aromatic rings. The first-order valence-corrected chi connectivity index (χ1v) is 5.54. The molecule has 2 saturated carbocycles. The van der Waals surface area contributed by atoms with E-state index in [0.717, 1.165) is 38.6 Å². The zero-order valence-corrected chi connectivity index (χ0v) is 8.84. The van der Waals surface area contributed by atoms with Gasteiger partial charge in [0.1, 0.15) is 0 Å². The molecule has 0 spiro atoms. The molecule has 0 atom stereocenters. The van der Waals surface area contributed by atoms with Crippen molar-refractivity contribution in [3.05, 3.63) is 0 Å². The largest absolute Gasteiger partial charge is 0.466 e. The van der Waals surface area contributed by atoms with E-state index in [1.807, 2.05) is 6.92 Å². The number of carbonyl (C=O) groups excluding carboxylic acids is 1. The summed E-state index contributed by atoms with van der Waals surface area (Å²) >= 11 is 0. The summed E-state index contributed by atoms with van der Waals surface area (Å²) in [7, 11) is 0. The van der Waals surface area contributed by atoms with E-state index in [1.54, 1.807) is 0 Å². The second-order valence-electron chi connectivity index (χ2n) is 4.88. The molecule has 2 rings (SSSR count). The Balaban J connectivity index is 2.10. The minimum Gasteiger partial charge on any atom is -0.466 e. The Bertz CT molecular complexity index is 242. The zero-order chi connectivity index (χ0) is 10.2. The molecule has 0 saturated heterocycles. The minimum atomic E-state index is -0.157. The fourth-order valence-corrected chi connectivity index (χ4v) is 3.17. The van der Waals surface area contributed by atoms with Gasteiger partial charge in [0.25, 0.3) is 0 Å². The van der Waals surface area contributed by atoms with Crippen molar-refractivity contribution in [2.75, 3.05) is 13.2 Å². The van der Waals surface area contributed by atoms with Crippen LogP contribution in [0.1, 0.15) is 39.0 Å². The molecule has 2 aliphatic carbocycles. The molecule has 0 heterocycles. The van der Waals surface area contributed by atoms with Crippen LogP contribution in [0.15, 0.2) is 0 Å². The average Bonchev–Trinajstić information content (AvgIpc) is 2.76. The molecule has 2 bridgehead atoms. The van der Waals surface area contributed by atoms with E-state index in [4.69, 9.17) is 10.5 Å². The van der Waals surface area contributed by atoms with Crippen LogP contribution in [0.3, 0.4) is 0 Å². The summed E-state index contributed by atoms with van der Waals surface area (Å²) in [6.45, 7) is 3.10. The lowest BCUT2D eigenvalue weighted by Gasteiger charge is -2.25. The normalized spacial score (nSPS) is 40.1. The zero-order valence-electron chi connectivity index (χ0n) is 8.84. The van der Waals surface area contributed by atoms with E-state index in [0.29, 0.717) is 6.61 Å². The average molecular weight is 197 g/mol. The maximum absolute atomic E-state index is 11.8. The van der Waals surface area contributed by atoms with Crippen LogP contribution >= 0.6 is 0 Å². The molecule has 0 radical (unpaired) electrons. The van der Waals surface area contributed by atoms with Crippen LogP contribution in [0, 0.1) is 10.8 Å². The van der Waals surface area contributed by atoms with Gasteiger partial charge in [-0.1, -0.05) is 0 Å². The molecule has 14 heavy (non-hydrogen) atoms. The van der Waals surface area contributed by atoms with Gasteiger partial charge in [-0.15, -0.1) is 0 Å². The first kappa shape index (κ1) is 9.97. The van der Waals surface area contributed by atoms with Crippen molar-refractivity contribution in [3.8, 4) is 0 Å². The number of nitrogens with two attached hydrogens (primary N) is 1. The first-order valence-electron chi connectivity index (χ1n) is 5.54.